The van der Waals surface area contributed by atoms with E-state index < -0.39 is 11.9 Å². The number of halogens is 3. The van der Waals surface area contributed by atoms with Crippen LogP contribution >= 0.6 is 0 Å². The molecule has 0 aliphatic rings. The molecule has 0 amide bonds. The topological polar surface area (TPSA) is 67.6 Å². The van der Waals surface area contributed by atoms with Crippen molar-refractivity contribution in [3.63, 3.8) is 0 Å². The number of alkyl halides is 3. The Labute approximate surface area is 142 Å². The fourth-order valence-electron chi connectivity index (χ4n) is 2.54. The maximum Gasteiger partial charge on any atom is 0.433 e. The van der Waals surface area contributed by atoms with Crippen LogP contribution in [0.1, 0.15) is 28.3 Å². The Kier molecular flexibility index (Phi) is 4.31. The lowest BCUT2D eigenvalue weighted by atomic mass is 9.98. The first-order valence-corrected chi connectivity index (χ1v) is 7.47. The zero-order valence-corrected chi connectivity index (χ0v) is 13.3. The molecule has 2 aromatic heterocycles. The number of rotatable bonds is 3. The SMILES string of the molecule is Cc1cc(/C(=C(/N)c2ccccc2)c2ncc[nH]2)cc(C(F)(F)F)n1. The van der Waals surface area contributed by atoms with Crippen LogP contribution < -0.4 is 5.73 Å². The standard InChI is InChI=1S/C18H15F3N4/c1-11-9-13(10-14(25-11)18(19,20)21)15(17-23-7-8-24-17)16(22)12-5-3-2-4-6-12/h2-10H,22H2,1H3,(H,23,24)/b16-15-. The minimum atomic E-state index is -4.55. The Morgan fingerprint density at radius 2 is 1.80 bits per heavy atom. The summed E-state index contributed by atoms with van der Waals surface area (Å²) in [6, 6.07) is 11.6. The molecule has 0 radical (unpaired) electrons. The van der Waals surface area contributed by atoms with E-state index in [-0.39, 0.29) is 5.69 Å². The second kappa shape index (κ2) is 6.43. The molecule has 0 spiro atoms. The molecule has 0 saturated heterocycles. The smallest absolute Gasteiger partial charge is 0.398 e. The molecule has 1 aromatic carbocycles. The molecule has 0 atom stereocenters. The van der Waals surface area contributed by atoms with Gasteiger partial charge in [-0.15, -0.1) is 0 Å². The number of H-pyrrole nitrogens is 1. The van der Waals surface area contributed by atoms with Gasteiger partial charge in [0.15, 0.2) is 0 Å². The quantitative estimate of drug-likeness (QED) is 0.754. The van der Waals surface area contributed by atoms with Crippen LogP contribution in [0.15, 0.2) is 54.9 Å². The fourth-order valence-corrected chi connectivity index (χ4v) is 2.54. The first kappa shape index (κ1) is 16.8. The van der Waals surface area contributed by atoms with E-state index in [2.05, 4.69) is 15.0 Å². The van der Waals surface area contributed by atoms with E-state index in [1.165, 1.54) is 13.1 Å². The number of nitrogens with two attached hydrogens (primary N) is 1. The molecule has 7 heteroatoms. The monoisotopic (exact) mass is 344 g/mol. The molecule has 0 aliphatic carbocycles. The third-order valence-electron chi connectivity index (χ3n) is 3.62. The van der Waals surface area contributed by atoms with Gasteiger partial charge in [-0.2, -0.15) is 13.2 Å². The predicted octanol–water partition coefficient (Wildman–Crippen LogP) is 4.01. The Morgan fingerprint density at radius 3 is 2.40 bits per heavy atom. The van der Waals surface area contributed by atoms with Crippen molar-refractivity contribution < 1.29 is 13.2 Å². The lowest BCUT2D eigenvalue weighted by Gasteiger charge is -2.14. The van der Waals surface area contributed by atoms with Gasteiger partial charge in [0.05, 0.1) is 5.70 Å². The molecule has 4 nitrogen and oxygen atoms in total. The summed E-state index contributed by atoms with van der Waals surface area (Å²) >= 11 is 0. The predicted molar refractivity (Wildman–Crippen MR) is 89.1 cm³/mol. The van der Waals surface area contributed by atoms with E-state index in [1.54, 1.807) is 36.5 Å². The van der Waals surface area contributed by atoms with Crippen molar-refractivity contribution in [2.75, 3.05) is 0 Å². The van der Waals surface area contributed by atoms with Crippen molar-refractivity contribution in [3.8, 4) is 0 Å². The maximum absolute atomic E-state index is 13.1. The van der Waals surface area contributed by atoms with Crippen molar-refractivity contribution in [2.24, 2.45) is 5.73 Å². The third-order valence-corrected chi connectivity index (χ3v) is 3.62. The summed E-state index contributed by atoms with van der Waals surface area (Å²) in [5.74, 6) is 0.389. The molecular formula is C18H15F3N4. The van der Waals surface area contributed by atoms with Gasteiger partial charge < -0.3 is 10.7 Å². The van der Waals surface area contributed by atoms with Crippen molar-refractivity contribution in [2.45, 2.75) is 13.1 Å². The van der Waals surface area contributed by atoms with Crippen LogP contribution in [0, 0.1) is 6.92 Å². The van der Waals surface area contributed by atoms with Crippen LogP contribution in [-0.4, -0.2) is 15.0 Å². The van der Waals surface area contributed by atoms with Crippen molar-refractivity contribution >= 4 is 11.3 Å². The van der Waals surface area contributed by atoms with E-state index in [4.69, 9.17) is 5.73 Å². The van der Waals surface area contributed by atoms with Crippen LogP contribution in [0.3, 0.4) is 0 Å². The molecule has 0 unspecified atom stereocenters. The number of nitrogens with one attached hydrogen (secondary N) is 1. The van der Waals surface area contributed by atoms with Crippen molar-refractivity contribution in [3.05, 3.63) is 83.2 Å². The molecular weight excluding hydrogens is 329 g/mol. The Balaban J connectivity index is 2.26. The molecule has 0 bridgehead atoms. The van der Waals surface area contributed by atoms with Gasteiger partial charge >= 0.3 is 6.18 Å². The van der Waals surface area contributed by atoms with E-state index in [0.29, 0.717) is 28.2 Å². The highest BCUT2D eigenvalue weighted by molar-refractivity contribution is 5.95. The highest BCUT2D eigenvalue weighted by Crippen LogP contribution is 2.33. The molecule has 0 saturated carbocycles. The van der Waals surface area contributed by atoms with E-state index >= 15 is 0 Å². The molecule has 3 aromatic rings. The number of aromatic nitrogens is 3. The minimum Gasteiger partial charge on any atom is -0.398 e. The zero-order valence-electron chi connectivity index (χ0n) is 13.3. The molecule has 3 rings (SSSR count). The van der Waals surface area contributed by atoms with Gasteiger partial charge in [-0.25, -0.2) is 9.97 Å². The number of hydrogen-bond acceptors (Lipinski definition) is 3. The second-order valence-corrected chi connectivity index (χ2v) is 5.47. The summed E-state index contributed by atoms with van der Waals surface area (Å²) in [4.78, 5) is 10.7. The summed E-state index contributed by atoms with van der Waals surface area (Å²) in [6.07, 6.45) is -1.44. The maximum atomic E-state index is 13.1. The molecule has 128 valence electrons. The lowest BCUT2D eigenvalue weighted by Crippen LogP contribution is -2.11. The normalized spacial score (nSPS) is 12.8. The van der Waals surface area contributed by atoms with Gasteiger partial charge in [-0.05, 0) is 30.2 Å². The van der Waals surface area contributed by atoms with Gasteiger partial charge in [-0.3, -0.25) is 0 Å². The number of imidazole rings is 1. The second-order valence-electron chi connectivity index (χ2n) is 5.47. The Bertz CT molecular complexity index is 898. The molecule has 0 aliphatic heterocycles. The van der Waals surface area contributed by atoms with Crippen molar-refractivity contribution in [1.82, 2.24) is 15.0 Å². The van der Waals surface area contributed by atoms with E-state index in [9.17, 15) is 13.2 Å². The van der Waals surface area contributed by atoms with Gasteiger partial charge in [0, 0.05) is 23.7 Å². The van der Waals surface area contributed by atoms with E-state index in [1.807, 2.05) is 6.07 Å². The number of nitrogens with zero attached hydrogens (tertiary/aromatic N) is 2. The summed E-state index contributed by atoms with van der Waals surface area (Å²) in [7, 11) is 0. The van der Waals surface area contributed by atoms with Crippen LogP contribution in [0.2, 0.25) is 0 Å². The Morgan fingerprint density at radius 1 is 1.08 bits per heavy atom. The molecule has 3 N–H and O–H groups in total. The number of aryl methyl sites for hydroxylation is 1. The number of pyridine rings is 1. The van der Waals surface area contributed by atoms with Crippen molar-refractivity contribution in [1.29, 1.82) is 0 Å². The zero-order chi connectivity index (χ0) is 18.0. The average Bonchev–Trinajstić information content (AvgIpc) is 3.08. The highest BCUT2D eigenvalue weighted by atomic mass is 19.4. The van der Waals surface area contributed by atoms with Gasteiger partial charge in [0.1, 0.15) is 11.5 Å². The lowest BCUT2D eigenvalue weighted by molar-refractivity contribution is -0.141. The third kappa shape index (κ3) is 3.55. The first-order chi connectivity index (χ1) is 11.9. The summed E-state index contributed by atoms with van der Waals surface area (Å²) in [5.41, 5.74) is 7.29. The minimum absolute atomic E-state index is 0.245. The summed E-state index contributed by atoms with van der Waals surface area (Å²) in [5, 5.41) is 0. The van der Waals surface area contributed by atoms with Crippen LogP contribution in [0.5, 0.6) is 0 Å². The Hall–Kier alpha value is -3.09. The van der Waals surface area contributed by atoms with Gasteiger partial charge in [0.25, 0.3) is 0 Å². The molecule has 2 heterocycles. The van der Waals surface area contributed by atoms with E-state index in [0.717, 1.165) is 6.07 Å². The fraction of sp³-hybridized carbons (Fsp3) is 0.111. The van der Waals surface area contributed by atoms with Gasteiger partial charge in [-0.1, -0.05) is 30.3 Å². The summed E-state index contributed by atoms with van der Waals surface area (Å²) in [6.45, 7) is 1.51. The number of benzene rings is 1. The van der Waals surface area contributed by atoms with Gasteiger partial charge in [0.2, 0.25) is 0 Å². The number of hydrogen-bond donors (Lipinski definition) is 2. The highest BCUT2D eigenvalue weighted by Gasteiger charge is 2.33. The largest absolute Gasteiger partial charge is 0.433 e. The van der Waals surface area contributed by atoms with Crippen LogP contribution in [0.4, 0.5) is 13.2 Å². The van der Waals surface area contributed by atoms with Crippen LogP contribution in [-0.2, 0) is 6.18 Å². The summed E-state index contributed by atoms with van der Waals surface area (Å²) < 4.78 is 39.4. The average molecular weight is 344 g/mol. The number of aromatic amines is 1. The van der Waals surface area contributed by atoms with Crippen LogP contribution in [0.25, 0.3) is 11.3 Å². The molecule has 0 fully saturated rings. The molecule has 25 heavy (non-hydrogen) atoms. The first-order valence-electron chi connectivity index (χ1n) is 7.47.